The van der Waals surface area contributed by atoms with Crippen LogP contribution in [0.25, 0.3) is 22.1 Å². The van der Waals surface area contributed by atoms with Crippen molar-refractivity contribution in [2.75, 3.05) is 6.61 Å². The van der Waals surface area contributed by atoms with Gasteiger partial charge in [0.15, 0.2) is 0 Å². The van der Waals surface area contributed by atoms with Crippen molar-refractivity contribution in [1.29, 1.82) is 0 Å². The average molecular weight is 278 g/mol. The highest BCUT2D eigenvalue weighted by Crippen LogP contribution is 2.29. The fourth-order valence-electron chi connectivity index (χ4n) is 2.24. The topological polar surface area (TPSA) is 39.4 Å². The van der Waals surface area contributed by atoms with Crippen LogP contribution in [0.1, 0.15) is 0 Å². The molecule has 1 heterocycles. The van der Waals surface area contributed by atoms with Crippen molar-refractivity contribution < 1.29 is 9.15 Å². The molecule has 0 aliphatic rings. The minimum absolute atomic E-state index is 0.373. The zero-order valence-electron chi connectivity index (χ0n) is 11.4. The lowest BCUT2D eigenvalue weighted by atomic mass is 10.0. The molecular formula is C18H14O3. The quantitative estimate of drug-likeness (QED) is 0.534. The van der Waals surface area contributed by atoms with Gasteiger partial charge in [-0.05, 0) is 23.3 Å². The first-order valence-electron chi connectivity index (χ1n) is 6.65. The Morgan fingerprint density at radius 3 is 2.67 bits per heavy atom. The van der Waals surface area contributed by atoms with Crippen LogP contribution in [-0.4, -0.2) is 6.61 Å². The van der Waals surface area contributed by atoms with Gasteiger partial charge in [-0.3, -0.25) is 0 Å². The smallest absolute Gasteiger partial charge is 0.336 e. The van der Waals surface area contributed by atoms with E-state index in [4.69, 9.17) is 9.15 Å². The SMILES string of the molecule is C=CCOc1ccc2c(-c3ccccc3)cc(=O)oc2c1. The first-order valence-corrected chi connectivity index (χ1v) is 6.65. The van der Waals surface area contributed by atoms with Gasteiger partial charge in [0.05, 0.1) is 0 Å². The Morgan fingerprint density at radius 1 is 1.10 bits per heavy atom. The minimum atomic E-state index is -0.373. The van der Waals surface area contributed by atoms with E-state index in [0.29, 0.717) is 17.9 Å². The molecule has 1 aromatic heterocycles. The molecule has 2 aromatic carbocycles. The summed E-state index contributed by atoms with van der Waals surface area (Å²) in [5.74, 6) is 0.649. The van der Waals surface area contributed by atoms with E-state index in [1.54, 1.807) is 12.1 Å². The van der Waals surface area contributed by atoms with Crippen LogP contribution >= 0.6 is 0 Å². The van der Waals surface area contributed by atoms with E-state index in [1.807, 2.05) is 42.5 Å². The van der Waals surface area contributed by atoms with E-state index in [9.17, 15) is 4.79 Å². The molecule has 0 radical (unpaired) electrons. The Hall–Kier alpha value is -2.81. The predicted octanol–water partition coefficient (Wildman–Crippen LogP) is 4.02. The number of fused-ring (bicyclic) bond motifs is 1. The second kappa shape index (κ2) is 5.67. The van der Waals surface area contributed by atoms with Gasteiger partial charge in [-0.2, -0.15) is 0 Å². The summed E-state index contributed by atoms with van der Waals surface area (Å²) >= 11 is 0. The lowest BCUT2D eigenvalue weighted by molar-refractivity contribution is 0.363. The number of benzene rings is 2. The van der Waals surface area contributed by atoms with Crippen molar-refractivity contribution in [1.82, 2.24) is 0 Å². The van der Waals surface area contributed by atoms with Crippen molar-refractivity contribution >= 4 is 11.0 Å². The lowest BCUT2D eigenvalue weighted by Crippen LogP contribution is -1.99. The highest BCUT2D eigenvalue weighted by Gasteiger charge is 2.08. The molecule has 3 heteroatoms. The Morgan fingerprint density at radius 2 is 1.90 bits per heavy atom. The monoisotopic (exact) mass is 278 g/mol. The Bertz CT molecular complexity index is 832. The zero-order valence-corrected chi connectivity index (χ0v) is 11.4. The van der Waals surface area contributed by atoms with Gasteiger partial charge in [-0.25, -0.2) is 4.79 Å². The molecule has 3 aromatic rings. The van der Waals surface area contributed by atoms with Crippen molar-refractivity contribution in [3.8, 4) is 16.9 Å². The van der Waals surface area contributed by atoms with Crippen LogP contribution in [0.15, 0.2) is 76.5 Å². The first kappa shape index (κ1) is 13.2. The number of ether oxygens (including phenoxy) is 1. The van der Waals surface area contributed by atoms with Crippen molar-refractivity contribution in [3.05, 3.63) is 77.7 Å². The number of rotatable bonds is 4. The molecule has 0 saturated heterocycles. The van der Waals surface area contributed by atoms with Crippen LogP contribution < -0.4 is 10.4 Å². The molecule has 0 bridgehead atoms. The van der Waals surface area contributed by atoms with Gasteiger partial charge in [-0.15, -0.1) is 0 Å². The molecule has 3 rings (SSSR count). The molecule has 104 valence electrons. The maximum atomic E-state index is 11.8. The van der Waals surface area contributed by atoms with Crippen molar-refractivity contribution in [2.45, 2.75) is 0 Å². The molecule has 0 N–H and O–H groups in total. The van der Waals surface area contributed by atoms with Crippen LogP contribution in [0.4, 0.5) is 0 Å². The van der Waals surface area contributed by atoms with E-state index in [1.165, 1.54) is 6.07 Å². The van der Waals surface area contributed by atoms with Crippen molar-refractivity contribution in [2.24, 2.45) is 0 Å². The number of hydrogen-bond acceptors (Lipinski definition) is 3. The summed E-state index contributed by atoms with van der Waals surface area (Å²) in [5.41, 5.74) is 1.98. The molecule has 3 nitrogen and oxygen atoms in total. The molecule has 0 saturated carbocycles. The Kier molecular flexibility index (Phi) is 3.56. The van der Waals surface area contributed by atoms with Crippen LogP contribution in [0, 0.1) is 0 Å². The first-order chi connectivity index (χ1) is 10.3. The van der Waals surface area contributed by atoms with Gasteiger partial charge in [0.1, 0.15) is 17.9 Å². The normalized spacial score (nSPS) is 10.5. The van der Waals surface area contributed by atoms with E-state index in [2.05, 4.69) is 6.58 Å². The summed E-state index contributed by atoms with van der Waals surface area (Å²) in [6.45, 7) is 4.02. The van der Waals surface area contributed by atoms with Gasteiger partial charge in [0.2, 0.25) is 0 Å². The molecule has 0 aliphatic carbocycles. The summed E-state index contributed by atoms with van der Waals surface area (Å²) in [7, 11) is 0. The lowest BCUT2D eigenvalue weighted by Gasteiger charge is -2.08. The van der Waals surface area contributed by atoms with Gasteiger partial charge in [0.25, 0.3) is 0 Å². The summed E-state index contributed by atoms with van der Waals surface area (Å²) in [6, 6.07) is 16.8. The standard InChI is InChI=1S/C18H14O3/c1-2-10-20-14-8-9-15-16(13-6-4-3-5-7-13)12-18(19)21-17(15)11-14/h2-9,11-12H,1,10H2. The van der Waals surface area contributed by atoms with E-state index in [-0.39, 0.29) is 5.63 Å². The number of hydrogen-bond donors (Lipinski definition) is 0. The largest absolute Gasteiger partial charge is 0.489 e. The zero-order chi connectivity index (χ0) is 14.7. The molecular weight excluding hydrogens is 264 g/mol. The third-order valence-electron chi connectivity index (χ3n) is 3.17. The molecule has 0 aliphatic heterocycles. The molecule has 0 unspecified atom stereocenters. The van der Waals surface area contributed by atoms with E-state index < -0.39 is 0 Å². The van der Waals surface area contributed by atoms with Crippen LogP contribution in [0.5, 0.6) is 5.75 Å². The predicted molar refractivity (Wildman–Crippen MR) is 83.6 cm³/mol. The summed E-state index contributed by atoms with van der Waals surface area (Å²) in [5, 5.41) is 0.881. The maximum absolute atomic E-state index is 11.8. The molecule has 0 fully saturated rings. The van der Waals surface area contributed by atoms with Crippen LogP contribution in [-0.2, 0) is 0 Å². The summed E-state index contributed by atoms with van der Waals surface area (Å²) in [4.78, 5) is 11.8. The van der Waals surface area contributed by atoms with E-state index in [0.717, 1.165) is 16.5 Å². The van der Waals surface area contributed by atoms with Crippen LogP contribution in [0.2, 0.25) is 0 Å². The maximum Gasteiger partial charge on any atom is 0.336 e. The fraction of sp³-hybridized carbons (Fsp3) is 0.0556. The van der Waals surface area contributed by atoms with Crippen molar-refractivity contribution in [3.63, 3.8) is 0 Å². The fourth-order valence-corrected chi connectivity index (χ4v) is 2.24. The third-order valence-corrected chi connectivity index (χ3v) is 3.17. The Balaban J connectivity index is 2.17. The second-order valence-corrected chi connectivity index (χ2v) is 4.60. The minimum Gasteiger partial charge on any atom is -0.489 e. The average Bonchev–Trinajstić information content (AvgIpc) is 2.52. The molecule has 21 heavy (non-hydrogen) atoms. The Labute approximate surface area is 122 Å². The van der Waals surface area contributed by atoms with Crippen LogP contribution in [0.3, 0.4) is 0 Å². The van der Waals surface area contributed by atoms with E-state index >= 15 is 0 Å². The summed E-state index contributed by atoms with van der Waals surface area (Å²) < 4.78 is 10.8. The molecule has 0 amide bonds. The second-order valence-electron chi connectivity index (χ2n) is 4.60. The highest BCUT2D eigenvalue weighted by atomic mass is 16.5. The van der Waals surface area contributed by atoms with Gasteiger partial charge in [0, 0.05) is 17.5 Å². The molecule has 0 spiro atoms. The van der Waals surface area contributed by atoms with Gasteiger partial charge < -0.3 is 9.15 Å². The van der Waals surface area contributed by atoms with Gasteiger partial charge >= 0.3 is 5.63 Å². The highest BCUT2D eigenvalue weighted by molar-refractivity contribution is 5.93. The van der Waals surface area contributed by atoms with Gasteiger partial charge in [-0.1, -0.05) is 43.0 Å². The third kappa shape index (κ3) is 2.72. The molecule has 0 atom stereocenters. The summed E-state index contributed by atoms with van der Waals surface area (Å²) in [6.07, 6.45) is 1.67.